The maximum Gasteiger partial charge on any atom is 0.356 e. The van der Waals surface area contributed by atoms with E-state index < -0.39 is 64.4 Å². The summed E-state index contributed by atoms with van der Waals surface area (Å²) in [5.74, 6) is -3.24. The van der Waals surface area contributed by atoms with Gasteiger partial charge in [0.25, 0.3) is 11.8 Å². The van der Waals surface area contributed by atoms with Gasteiger partial charge in [0, 0.05) is 22.6 Å². The minimum atomic E-state index is -1.17. The summed E-state index contributed by atoms with van der Waals surface area (Å²) in [6, 6.07) is 46.7. The summed E-state index contributed by atoms with van der Waals surface area (Å²) in [6.07, 6.45) is 0.462. The number of H-pyrrole nitrogens is 1. The summed E-state index contributed by atoms with van der Waals surface area (Å²) in [6.45, 7) is -1.13. The molecule has 0 aliphatic carbocycles. The number of anilines is 1. The van der Waals surface area contributed by atoms with Crippen molar-refractivity contribution in [1.82, 2.24) is 35.3 Å². The van der Waals surface area contributed by atoms with Gasteiger partial charge in [0.15, 0.2) is 22.8 Å². The zero-order valence-electron chi connectivity index (χ0n) is 39.9. The number of allylic oxidation sites excluding steroid dienone is 1. The lowest BCUT2D eigenvalue weighted by Gasteiger charge is -2.49. The fourth-order valence-corrected chi connectivity index (χ4v) is 11.2. The van der Waals surface area contributed by atoms with Crippen LogP contribution in [0.2, 0.25) is 0 Å². The number of aliphatic hydroxyl groups is 1. The smallest absolute Gasteiger partial charge is 0.356 e. The number of fused-ring (bicyclic) bond motifs is 1. The number of rotatable bonds is 19. The third kappa shape index (κ3) is 10.8. The SMILES string of the molecule is CON=C(C(=O)NC1C(=O)N2C(C(=O)OC(c3ccccc3)c3ccccc3)=C(C=C(S)c3n[nH]c(=O)c(=O)n3CC(=O)NCCO)CSC12)c1csc(NC(c2ccccc2)(c2ccccc2)c2ccccc2)n1. The third-order valence-electron chi connectivity index (χ3n) is 12.2. The molecule has 18 nitrogen and oxygen atoms in total. The average Bonchev–Trinajstić information content (AvgIpc) is 3.92. The Morgan fingerprint density at radius 2 is 1.43 bits per heavy atom. The van der Waals surface area contributed by atoms with Crippen molar-refractivity contribution in [3.63, 3.8) is 0 Å². The van der Waals surface area contributed by atoms with E-state index in [1.54, 1.807) is 53.9 Å². The van der Waals surface area contributed by atoms with Crippen LogP contribution in [0, 0.1) is 0 Å². The van der Waals surface area contributed by atoms with Gasteiger partial charge in [0.2, 0.25) is 5.91 Å². The Bertz CT molecular complexity index is 3290. The second-order valence-corrected chi connectivity index (χ2v) is 19.3. The van der Waals surface area contributed by atoms with Crippen molar-refractivity contribution in [3.8, 4) is 0 Å². The molecule has 5 aromatic carbocycles. The Labute approximate surface area is 442 Å². The van der Waals surface area contributed by atoms with E-state index in [2.05, 4.69) is 43.9 Å². The number of thiazole rings is 1. The lowest BCUT2D eigenvalue weighted by atomic mass is 9.77. The van der Waals surface area contributed by atoms with Crippen molar-refractivity contribution in [1.29, 1.82) is 0 Å². The maximum absolute atomic E-state index is 14.8. The zero-order valence-corrected chi connectivity index (χ0v) is 42.4. The number of thioether (sulfide) groups is 1. The first-order valence-electron chi connectivity index (χ1n) is 23.3. The number of carbonyl (C=O) groups excluding carboxylic acids is 4. The molecule has 7 aromatic rings. The Morgan fingerprint density at radius 1 is 0.867 bits per heavy atom. The molecule has 2 unspecified atom stereocenters. The predicted molar refractivity (Wildman–Crippen MR) is 288 cm³/mol. The van der Waals surface area contributed by atoms with E-state index in [-0.39, 0.29) is 52.3 Å². The number of β-lactam (4-membered cyclic amide) rings is 1. The fraction of sp³-hybridized carbons (Fsp3) is 0.167. The number of aromatic nitrogens is 4. The number of aliphatic hydroxyl groups excluding tert-OH is 1. The number of nitrogens with one attached hydrogen (secondary N) is 4. The van der Waals surface area contributed by atoms with Crippen LogP contribution < -0.4 is 27.1 Å². The minimum Gasteiger partial charge on any atom is -0.448 e. The molecule has 4 heterocycles. The van der Waals surface area contributed by atoms with Gasteiger partial charge in [0.05, 0.1) is 6.61 Å². The number of hydrogen-bond donors (Lipinski definition) is 6. The molecule has 380 valence electrons. The van der Waals surface area contributed by atoms with Crippen LogP contribution in [-0.4, -0.2) is 96.6 Å². The molecule has 5 N–H and O–H groups in total. The molecule has 2 aliphatic rings. The Hall–Kier alpha value is -8.37. The molecule has 2 atom stereocenters. The second-order valence-electron chi connectivity index (χ2n) is 16.8. The van der Waals surface area contributed by atoms with Crippen LogP contribution >= 0.6 is 35.7 Å². The topological polar surface area (TPSA) is 239 Å². The van der Waals surface area contributed by atoms with E-state index in [4.69, 9.17) is 14.6 Å². The molecule has 0 bridgehead atoms. The van der Waals surface area contributed by atoms with Crippen molar-refractivity contribution >= 4 is 75.2 Å². The summed E-state index contributed by atoms with van der Waals surface area (Å²) < 4.78 is 7.11. The summed E-state index contributed by atoms with van der Waals surface area (Å²) in [5, 5.41) is 29.6. The van der Waals surface area contributed by atoms with Gasteiger partial charge < -0.3 is 30.6 Å². The number of ether oxygens (including phenoxy) is 1. The van der Waals surface area contributed by atoms with Crippen molar-refractivity contribution < 1.29 is 33.9 Å². The van der Waals surface area contributed by atoms with Gasteiger partial charge in [-0.25, -0.2) is 14.9 Å². The van der Waals surface area contributed by atoms with Crippen LogP contribution in [-0.2, 0) is 40.8 Å². The van der Waals surface area contributed by atoms with Crippen LogP contribution in [0.5, 0.6) is 0 Å². The molecular weight excluding hydrogens is 1010 g/mol. The maximum atomic E-state index is 14.8. The first-order chi connectivity index (χ1) is 36.5. The van der Waals surface area contributed by atoms with Crippen LogP contribution in [0.4, 0.5) is 5.13 Å². The highest BCUT2D eigenvalue weighted by molar-refractivity contribution is 8.00. The van der Waals surface area contributed by atoms with E-state index in [0.29, 0.717) is 16.3 Å². The molecule has 0 radical (unpaired) electrons. The Morgan fingerprint density at radius 3 is 1.97 bits per heavy atom. The average molecular weight is 1060 g/mol. The van der Waals surface area contributed by atoms with Crippen molar-refractivity contribution in [3.05, 3.63) is 234 Å². The van der Waals surface area contributed by atoms with E-state index in [0.717, 1.165) is 21.3 Å². The molecule has 21 heteroatoms. The first kappa shape index (κ1) is 51.5. The summed E-state index contributed by atoms with van der Waals surface area (Å²) in [7, 11) is 1.29. The number of nitrogens with zero attached hydrogens (tertiary/aromatic N) is 5. The van der Waals surface area contributed by atoms with Gasteiger partial charge in [-0.1, -0.05) is 157 Å². The molecule has 0 spiro atoms. The molecule has 1 fully saturated rings. The number of carbonyl (C=O) groups is 4. The van der Waals surface area contributed by atoms with E-state index in [9.17, 15) is 33.9 Å². The largest absolute Gasteiger partial charge is 0.448 e. The van der Waals surface area contributed by atoms with Crippen LogP contribution in [0.1, 0.15) is 45.4 Å². The highest BCUT2D eigenvalue weighted by Gasteiger charge is 2.55. The van der Waals surface area contributed by atoms with Crippen molar-refractivity contribution in [2.24, 2.45) is 5.16 Å². The molecule has 0 saturated carbocycles. The predicted octanol–water partition coefficient (Wildman–Crippen LogP) is 5.21. The lowest BCUT2D eigenvalue weighted by Crippen LogP contribution is -2.71. The lowest BCUT2D eigenvalue weighted by molar-refractivity contribution is -0.154. The molecular formula is C54H47N9O9S3. The first-order valence-corrected chi connectivity index (χ1v) is 25.7. The molecule has 2 aromatic heterocycles. The zero-order chi connectivity index (χ0) is 52.5. The van der Waals surface area contributed by atoms with Crippen molar-refractivity contribution in [2.75, 3.05) is 31.3 Å². The summed E-state index contributed by atoms with van der Waals surface area (Å²) in [4.78, 5) is 93.3. The fourth-order valence-electron chi connectivity index (χ4n) is 8.77. The molecule has 3 amide bonds. The summed E-state index contributed by atoms with van der Waals surface area (Å²) in [5.41, 5.74) is 0.920. The monoisotopic (exact) mass is 1060 g/mol. The van der Waals surface area contributed by atoms with Gasteiger partial charge in [-0.3, -0.25) is 33.4 Å². The van der Waals surface area contributed by atoms with E-state index in [1.807, 2.05) is 103 Å². The molecule has 9 rings (SSSR count). The van der Waals surface area contributed by atoms with Crippen LogP contribution in [0.15, 0.2) is 189 Å². The van der Waals surface area contributed by atoms with Crippen molar-refractivity contribution in [2.45, 2.75) is 29.6 Å². The standard InChI is InChI=1S/C54H47N9O9S3/c1-71-61-42(39-32-75-53(56-39)58-54(36-21-11-4-12-22-36,37-23-13-5-14-24-37)38-25-15-6-16-26-38)47(66)57-43-49(68)63-44(52(70)72-45(33-17-7-2-8-18-33)34-19-9-3-10-20-34)35(31-74-51(43)63)29-40(73)46-59-60-48(67)50(69)62(46)30-41(65)55-27-28-64/h2-26,29,32,43,45,51,64,73H,27-28,30-31H2,1H3,(H,55,65)(H,56,58)(H,57,66)(H,60,67). The number of aromatic amines is 1. The number of benzene rings is 5. The third-order valence-corrected chi connectivity index (χ3v) is 14.6. The van der Waals surface area contributed by atoms with Gasteiger partial charge in [0.1, 0.15) is 42.0 Å². The highest BCUT2D eigenvalue weighted by atomic mass is 32.2. The highest BCUT2D eigenvalue weighted by Crippen LogP contribution is 2.44. The van der Waals surface area contributed by atoms with Crippen LogP contribution in [0.25, 0.3) is 4.91 Å². The number of esters is 1. The number of hydrogen-bond acceptors (Lipinski definition) is 16. The van der Waals surface area contributed by atoms with Gasteiger partial charge in [-0.05, 0) is 39.5 Å². The number of thiol groups is 1. The van der Waals surface area contributed by atoms with Crippen LogP contribution in [0.3, 0.4) is 0 Å². The van der Waals surface area contributed by atoms with Gasteiger partial charge in [-0.15, -0.1) is 35.7 Å². The Balaban J connectivity index is 1.03. The normalized spacial score (nSPS) is 15.7. The van der Waals surface area contributed by atoms with E-state index >= 15 is 0 Å². The number of amides is 3. The number of oxime groups is 1. The minimum absolute atomic E-state index is 0.0351. The second kappa shape index (κ2) is 23.2. The quantitative estimate of drug-likeness (QED) is 0.0116. The van der Waals surface area contributed by atoms with E-state index in [1.165, 1.54) is 41.2 Å². The van der Waals surface area contributed by atoms with Gasteiger partial charge in [-0.2, -0.15) is 5.10 Å². The summed E-state index contributed by atoms with van der Waals surface area (Å²) >= 11 is 7.10. The molecule has 1 saturated heterocycles. The van der Waals surface area contributed by atoms with Gasteiger partial charge >= 0.3 is 17.1 Å². The Kier molecular flexibility index (Phi) is 16.0. The molecule has 75 heavy (non-hydrogen) atoms. The molecule has 2 aliphatic heterocycles.